The van der Waals surface area contributed by atoms with Crippen LogP contribution in [0, 0.1) is 17.8 Å². The monoisotopic (exact) mass is 327 g/mol. The molecule has 1 aliphatic rings. The summed E-state index contributed by atoms with van der Waals surface area (Å²) >= 11 is 1.49. The number of thiophene rings is 1. The van der Waals surface area contributed by atoms with Gasteiger partial charge in [-0.25, -0.2) is 0 Å². The van der Waals surface area contributed by atoms with Crippen LogP contribution in [0.2, 0.25) is 0 Å². The van der Waals surface area contributed by atoms with Crippen LogP contribution in [-0.4, -0.2) is 32.4 Å². The smallest absolute Gasteiger partial charge is 0.279 e. The van der Waals surface area contributed by atoms with Gasteiger partial charge in [-0.3, -0.25) is 0 Å². The summed E-state index contributed by atoms with van der Waals surface area (Å²) < 4.78 is 28.7. The summed E-state index contributed by atoms with van der Waals surface area (Å²) in [6.45, 7) is 3.93. The average Bonchev–Trinajstić information content (AvgIpc) is 2.91. The molecule has 1 saturated heterocycles. The number of nitrogens with one attached hydrogen (secondary N) is 1. The van der Waals surface area contributed by atoms with Crippen molar-refractivity contribution >= 4 is 21.5 Å². The van der Waals surface area contributed by atoms with E-state index in [1.807, 2.05) is 12.1 Å². The van der Waals surface area contributed by atoms with E-state index in [2.05, 4.69) is 23.5 Å². The maximum Gasteiger partial charge on any atom is 0.279 e. The zero-order valence-corrected chi connectivity index (χ0v) is 13.8. The molecule has 0 saturated carbocycles. The Morgan fingerprint density at radius 2 is 2.33 bits per heavy atom. The maximum absolute atomic E-state index is 12.3. The number of hydrogen-bond donors (Lipinski definition) is 2. The first kappa shape index (κ1) is 16.5. The lowest BCUT2D eigenvalue weighted by Gasteiger charge is -2.29. The highest BCUT2D eigenvalue weighted by Gasteiger charge is 2.26. The van der Waals surface area contributed by atoms with Crippen molar-refractivity contribution in [1.29, 1.82) is 0 Å². The Hall–Kier alpha value is -0.910. The van der Waals surface area contributed by atoms with Gasteiger partial charge in [0.25, 0.3) is 10.2 Å². The topological polar surface area (TPSA) is 75.4 Å². The van der Waals surface area contributed by atoms with E-state index in [0.717, 1.165) is 22.6 Å². The van der Waals surface area contributed by atoms with Crippen molar-refractivity contribution in [2.45, 2.75) is 26.3 Å². The van der Waals surface area contributed by atoms with E-state index in [0.29, 0.717) is 32.1 Å². The van der Waals surface area contributed by atoms with Gasteiger partial charge in [0.2, 0.25) is 0 Å². The Labute approximate surface area is 130 Å². The van der Waals surface area contributed by atoms with Crippen molar-refractivity contribution in [2.24, 2.45) is 11.7 Å². The van der Waals surface area contributed by atoms with Gasteiger partial charge < -0.3 is 5.73 Å². The lowest BCUT2D eigenvalue weighted by atomic mass is 10.0. The van der Waals surface area contributed by atoms with Gasteiger partial charge in [0.1, 0.15) is 0 Å². The van der Waals surface area contributed by atoms with Crippen molar-refractivity contribution in [3.8, 4) is 11.8 Å². The summed E-state index contributed by atoms with van der Waals surface area (Å²) in [6.07, 6.45) is 2.03. The molecule has 5 nitrogen and oxygen atoms in total. The number of hydrogen-bond acceptors (Lipinski definition) is 4. The van der Waals surface area contributed by atoms with E-state index in [-0.39, 0.29) is 0 Å². The second-order valence-corrected chi connectivity index (χ2v) is 8.13. The molecule has 7 heteroatoms. The van der Waals surface area contributed by atoms with E-state index < -0.39 is 10.2 Å². The second kappa shape index (κ2) is 7.38. The Balaban J connectivity index is 1.93. The Morgan fingerprint density at radius 1 is 1.52 bits per heavy atom. The summed E-state index contributed by atoms with van der Waals surface area (Å²) in [5, 5.41) is 0. The van der Waals surface area contributed by atoms with Crippen LogP contribution >= 0.6 is 11.3 Å². The molecule has 2 rings (SSSR count). The Bertz CT molecular complexity index is 628. The van der Waals surface area contributed by atoms with Gasteiger partial charge in [-0.1, -0.05) is 18.8 Å². The fourth-order valence-electron chi connectivity index (χ4n) is 2.30. The van der Waals surface area contributed by atoms with Crippen molar-refractivity contribution in [1.82, 2.24) is 9.03 Å². The van der Waals surface area contributed by atoms with Crippen molar-refractivity contribution in [2.75, 3.05) is 19.6 Å². The van der Waals surface area contributed by atoms with Crippen LogP contribution in [0.15, 0.2) is 12.1 Å². The minimum Gasteiger partial charge on any atom is -0.320 e. The predicted octanol–water partition coefficient (Wildman–Crippen LogP) is 1.12. The van der Waals surface area contributed by atoms with E-state index in [4.69, 9.17) is 5.73 Å². The third-order valence-corrected chi connectivity index (χ3v) is 5.89. The van der Waals surface area contributed by atoms with Gasteiger partial charge in [0, 0.05) is 24.5 Å². The fourth-order valence-corrected chi connectivity index (χ4v) is 4.55. The molecule has 1 aromatic rings. The molecule has 116 valence electrons. The SMILES string of the molecule is CC1CCCN(S(=O)(=O)NCc2ccc(C#CCN)s2)C1. The van der Waals surface area contributed by atoms with Crippen molar-refractivity contribution in [3.63, 3.8) is 0 Å². The quantitative estimate of drug-likeness (QED) is 0.814. The third kappa shape index (κ3) is 4.80. The lowest BCUT2D eigenvalue weighted by Crippen LogP contribution is -2.45. The summed E-state index contributed by atoms with van der Waals surface area (Å²) in [4.78, 5) is 1.85. The maximum atomic E-state index is 12.3. The molecule has 1 aliphatic heterocycles. The molecular formula is C14H21N3O2S2. The molecule has 0 radical (unpaired) electrons. The Morgan fingerprint density at radius 3 is 3.05 bits per heavy atom. The minimum absolute atomic E-state index is 0.308. The number of rotatable bonds is 4. The van der Waals surface area contributed by atoms with Crippen molar-refractivity contribution in [3.05, 3.63) is 21.9 Å². The number of nitrogens with zero attached hydrogens (tertiary/aromatic N) is 1. The van der Waals surface area contributed by atoms with E-state index in [1.54, 1.807) is 4.31 Å². The van der Waals surface area contributed by atoms with E-state index in [9.17, 15) is 8.42 Å². The zero-order chi connectivity index (χ0) is 15.3. The van der Waals surface area contributed by atoms with Crippen LogP contribution in [0.25, 0.3) is 0 Å². The predicted molar refractivity (Wildman–Crippen MR) is 86.0 cm³/mol. The van der Waals surface area contributed by atoms with Gasteiger partial charge in [-0.05, 0) is 30.9 Å². The molecule has 0 amide bonds. The first-order valence-electron chi connectivity index (χ1n) is 7.03. The van der Waals surface area contributed by atoms with Crippen LogP contribution in [-0.2, 0) is 16.8 Å². The van der Waals surface area contributed by atoms with Gasteiger partial charge in [-0.2, -0.15) is 17.4 Å². The molecule has 0 aliphatic carbocycles. The van der Waals surface area contributed by atoms with Gasteiger partial charge >= 0.3 is 0 Å². The summed E-state index contributed by atoms with van der Waals surface area (Å²) in [7, 11) is -3.39. The van der Waals surface area contributed by atoms with Crippen LogP contribution in [0.4, 0.5) is 0 Å². The van der Waals surface area contributed by atoms with Gasteiger partial charge in [-0.15, -0.1) is 11.3 Å². The number of nitrogens with two attached hydrogens (primary N) is 1. The largest absolute Gasteiger partial charge is 0.320 e. The standard InChI is InChI=1S/C14H21N3O2S2/c1-12-4-3-9-17(11-12)21(18,19)16-10-14-7-6-13(20-14)5-2-8-15/h6-7,12,16H,3-4,8-11,15H2,1H3. The molecule has 1 atom stereocenters. The van der Waals surface area contributed by atoms with Crippen molar-refractivity contribution < 1.29 is 8.42 Å². The molecule has 1 unspecified atom stereocenters. The lowest BCUT2D eigenvalue weighted by molar-refractivity contribution is 0.278. The average molecular weight is 327 g/mol. The summed E-state index contributed by atoms with van der Waals surface area (Å²) in [6, 6.07) is 3.78. The highest BCUT2D eigenvalue weighted by Crippen LogP contribution is 2.19. The molecular weight excluding hydrogens is 306 g/mol. The zero-order valence-electron chi connectivity index (χ0n) is 12.1. The molecule has 3 N–H and O–H groups in total. The molecule has 1 fully saturated rings. The van der Waals surface area contributed by atoms with Crippen LogP contribution in [0.1, 0.15) is 29.5 Å². The van der Waals surface area contributed by atoms with Crippen LogP contribution in [0.3, 0.4) is 0 Å². The molecule has 0 spiro atoms. The first-order chi connectivity index (χ1) is 10.0. The fraction of sp³-hybridized carbons (Fsp3) is 0.571. The molecule has 21 heavy (non-hydrogen) atoms. The van der Waals surface area contributed by atoms with Crippen LogP contribution < -0.4 is 10.5 Å². The second-order valence-electron chi connectivity index (χ2n) is 5.20. The minimum atomic E-state index is -3.39. The Kier molecular flexibility index (Phi) is 5.79. The summed E-state index contributed by atoms with van der Waals surface area (Å²) in [5.41, 5.74) is 5.33. The molecule has 0 aromatic carbocycles. The van der Waals surface area contributed by atoms with Gasteiger partial charge in [0.05, 0.1) is 11.4 Å². The highest BCUT2D eigenvalue weighted by atomic mass is 32.2. The van der Waals surface area contributed by atoms with Gasteiger partial charge in [0.15, 0.2) is 0 Å². The van der Waals surface area contributed by atoms with E-state index in [1.165, 1.54) is 11.3 Å². The molecule has 2 heterocycles. The van der Waals surface area contributed by atoms with E-state index >= 15 is 0 Å². The molecule has 0 bridgehead atoms. The normalized spacial score (nSPS) is 20.0. The highest BCUT2D eigenvalue weighted by molar-refractivity contribution is 7.87. The van der Waals surface area contributed by atoms with Crippen LogP contribution in [0.5, 0.6) is 0 Å². The third-order valence-electron chi connectivity index (χ3n) is 3.36. The summed E-state index contributed by atoms with van der Waals surface area (Å²) in [5.74, 6) is 6.16. The first-order valence-corrected chi connectivity index (χ1v) is 9.29. The molecule has 1 aromatic heterocycles. The number of piperidine rings is 1.